The maximum absolute atomic E-state index is 13.2. The molecule has 2 aromatic heterocycles. The van der Waals surface area contributed by atoms with Crippen LogP contribution in [0.25, 0.3) is 11.0 Å². The van der Waals surface area contributed by atoms with Gasteiger partial charge in [0.1, 0.15) is 11.3 Å². The Kier molecular flexibility index (Phi) is 5.66. The van der Waals surface area contributed by atoms with E-state index in [0.29, 0.717) is 10.7 Å². The van der Waals surface area contributed by atoms with Crippen LogP contribution in [0.15, 0.2) is 40.4 Å². The predicted molar refractivity (Wildman–Crippen MR) is 109 cm³/mol. The van der Waals surface area contributed by atoms with Crippen molar-refractivity contribution < 1.29 is 9.18 Å². The molecule has 152 valence electrons. The van der Waals surface area contributed by atoms with E-state index in [2.05, 4.69) is 10.1 Å². The number of carbonyl (C=O) groups excluding carboxylic acids is 1. The second kappa shape index (κ2) is 8.36. The fourth-order valence-corrected chi connectivity index (χ4v) is 4.37. The van der Waals surface area contributed by atoms with Crippen LogP contribution in [0.3, 0.4) is 0 Å². The summed E-state index contributed by atoms with van der Waals surface area (Å²) in [5, 5.41) is 4.68. The highest BCUT2D eigenvalue weighted by atomic mass is 32.2. The predicted octanol–water partition coefficient (Wildman–Crippen LogP) is 2.42. The molecule has 0 N–H and O–H groups in total. The normalized spacial score (nSPS) is 14.5. The van der Waals surface area contributed by atoms with E-state index < -0.39 is 0 Å². The number of fused-ring (bicyclic) bond motifs is 1. The first-order chi connectivity index (χ1) is 14.0. The zero-order chi connectivity index (χ0) is 20.4. The number of hydrogen-bond acceptors (Lipinski definition) is 5. The van der Waals surface area contributed by atoms with Crippen molar-refractivity contribution in [2.24, 2.45) is 7.05 Å². The summed E-state index contributed by atoms with van der Waals surface area (Å²) in [5.41, 5.74) is 1.28. The molecule has 0 radical (unpaired) electrons. The lowest BCUT2D eigenvalue weighted by molar-refractivity contribution is -0.129. The van der Waals surface area contributed by atoms with E-state index in [-0.39, 0.29) is 35.1 Å². The fraction of sp³-hybridized carbons (Fsp3) is 0.400. The van der Waals surface area contributed by atoms with E-state index in [1.165, 1.54) is 28.5 Å². The van der Waals surface area contributed by atoms with Crippen molar-refractivity contribution in [2.45, 2.75) is 31.0 Å². The van der Waals surface area contributed by atoms with Gasteiger partial charge in [0, 0.05) is 20.1 Å². The number of halogens is 1. The van der Waals surface area contributed by atoms with Gasteiger partial charge in [0.25, 0.3) is 5.56 Å². The van der Waals surface area contributed by atoms with Gasteiger partial charge in [0.2, 0.25) is 5.91 Å². The molecular weight excluding hydrogens is 393 g/mol. The van der Waals surface area contributed by atoms with Gasteiger partial charge in [0.05, 0.1) is 18.5 Å². The summed E-state index contributed by atoms with van der Waals surface area (Å²) in [6.07, 6.45) is 4.92. The number of likely N-dealkylation sites (tertiary alicyclic amines) is 1. The van der Waals surface area contributed by atoms with Gasteiger partial charge in [0.15, 0.2) is 10.7 Å². The van der Waals surface area contributed by atoms with Crippen LogP contribution in [0.5, 0.6) is 0 Å². The van der Waals surface area contributed by atoms with Crippen LogP contribution in [0, 0.1) is 5.82 Å². The van der Waals surface area contributed by atoms with Crippen LogP contribution in [0.4, 0.5) is 4.39 Å². The first kappa shape index (κ1) is 19.6. The van der Waals surface area contributed by atoms with Crippen LogP contribution in [-0.4, -0.2) is 49.0 Å². The Morgan fingerprint density at radius 3 is 2.62 bits per heavy atom. The van der Waals surface area contributed by atoms with Gasteiger partial charge in [-0.2, -0.15) is 5.10 Å². The number of piperidine rings is 1. The molecule has 0 atom stereocenters. The zero-order valence-electron chi connectivity index (χ0n) is 16.2. The Hall–Kier alpha value is -2.68. The molecule has 9 heteroatoms. The number of rotatable bonds is 5. The summed E-state index contributed by atoms with van der Waals surface area (Å²) in [4.78, 5) is 32.1. The third kappa shape index (κ3) is 4.34. The SMILES string of the molecule is Cn1cc2nc(SCC(=O)N3CCCCC3)n(Cc3ccc(F)cc3)c(=O)c2n1. The summed E-state index contributed by atoms with van der Waals surface area (Å²) >= 11 is 1.26. The Morgan fingerprint density at radius 1 is 1.17 bits per heavy atom. The van der Waals surface area contributed by atoms with Crippen LogP contribution in [-0.2, 0) is 18.4 Å². The number of amides is 1. The number of carbonyl (C=O) groups is 1. The quantitative estimate of drug-likeness (QED) is 0.473. The highest BCUT2D eigenvalue weighted by Crippen LogP contribution is 2.20. The molecule has 3 aromatic rings. The molecule has 1 saturated heterocycles. The molecule has 29 heavy (non-hydrogen) atoms. The van der Waals surface area contributed by atoms with Crippen molar-refractivity contribution in [3.63, 3.8) is 0 Å². The molecule has 1 fully saturated rings. The highest BCUT2D eigenvalue weighted by Gasteiger charge is 2.19. The van der Waals surface area contributed by atoms with Crippen LogP contribution in [0.2, 0.25) is 0 Å². The monoisotopic (exact) mass is 415 g/mol. The smallest absolute Gasteiger partial charge is 0.282 e. The van der Waals surface area contributed by atoms with Crippen molar-refractivity contribution >= 4 is 28.7 Å². The molecule has 3 heterocycles. The number of nitrogens with zero attached hydrogens (tertiary/aromatic N) is 5. The van der Waals surface area contributed by atoms with Gasteiger partial charge in [-0.1, -0.05) is 23.9 Å². The van der Waals surface area contributed by atoms with Gasteiger partial charge in [-0.3, -0.25) is 18.8 Å². The largest absolute Gasteiger partial charge is 0.342 e. The van der Waals surface area contributed by atoms with Crippen molar-refractivity contribution in [3.8, 4) is 0 Å². The molecule has 0 spiro atoms. The maximum Gasteiger partial charge on any atom is 0.282 e. The number of benzene rings is 1. The first-order valence-electron chi connectivity index (χ1n) is 9.60. The highest BCUT2D eigenvalue weighted by molar-refractivity contribution is 7.99. The molecule has 1 aliphatic heterocycles. The Bertz CT molecular complexity index is 1090. The molecule has 7 nitrogen and oxygen atoms in total. The number of aromatic nitrogens is 4. The fourth-order valence-electron chi connectivity index (χ4n) is 3.47. The number of thioether (sulfide) groups is 1. The van der Waals surface area contributed by atoms with Crippen molar-refractivity contribution in [3.05, 3.63) is 52.2 Å². The van der Waals surface area contributed by atoms with Crippen LogP contribution < -0.4 is 5.56 Å². The van der Waals surface area contributed by atoms with Crippen molar-refractivity contribution in [2.75, 3.05) is 18.8 Å². The van der Waals surface area contributed by atoms with Gasteiger partial charge in [-0.25, -0.2) is 9.37 Å². The van der Waals surface area contributed by atoms with Crippen molar-refractivity contribution in [1.29, 1.82) is 0 Å². The number of aryl methyl sites for hydroxylation is 1. The van der Waals surface area contributed by atoms with E-state index in [4.69, 9.17) is 0 Å². The van der Waals surface area contributed by atoms with E-state index in [1.807, 2.05) is 4.90 Å². The molecule has 1 aromatic carbocycles. The molecule has 0 unspecified atom stereocenters. The summed E-state index contributed by atoms with van der Waals surface area (Å²) in [7, 11) is 1.73. The lowest BCUT2D eigenvalue weighted by Gasteiger charge is -2.26. The summed E-state index contributed by atoms with van der Waals surface area (Å²) < 4.78 is 16.3. The zero-order valence-corrected chi connectivity index (χ0v) is 17.0. The maximum atomic E-state index is 13.2. The molecule has 0 bridgehead atoms. The van der Waals surface area contributed by atoms with Crippen LogP contribution >= 0.6 is 11.8 Å². The van der Waals surface area contributed by atoms with Gasteiger partial charge >= 0.3 is 0 Å². The number of hydrogen-bond donors (Lipinski definition) is 0. The molecule has 0 aliphatic carbocycles. The second-order valence-corrected chi connectivity index (χ2v) is 8.12. The Morgan fingerprint density at radius 2 is 1.90 bits per heavy atom. The lowest BCUT2D eigenvalue weighted by atomic mass is 10.1. The Labute approximate surface area is 171 Å². The molecule has 4 rings (SSSR count). The minimum atomic E-state index is -0.332. The summed E-state index contributed by atoms with van der Waals surface area (Å²) in [6.45, 7) is 1.81. The minimum Gasteiger partial charge on any atom is -0.342 e. The standard InChI is InChI=1S/C20H22FN5O2S/c1-24-12-16-18(23-24)19(28)26(11-14-5-7-15(21)8-6-14)20(22-16)29-13-17(27)25-9-3-2-4-10-25/h5-8,12H,2-4,9-11,13H2,1H3. The molecular formula is C20H22FN5O2S. The third-order valence-electron chi connectivity index (χ3n) is 4.99. The Balaban J connectivity index is 1.64. The molecule has 0 saturated carbocycles. The first-order valence-corrected chi connectivity index (χ1v) is 10.6. The van der Waals surface area contributed by atoms with E-state index in [9.17, 15) is 14.0 Å². The van der Waals surface area contributed by atoms with Gasteiger partial charge < -0.3 is 4.90 Å². The molecule has 1 aliphatic rings. The van der Waals surface area contributed by atoms with E-state index in [1.54, 1.807) is 30.1 Å². The van der Waals surface area contributed by atoms with Crippen LogP contribution in [0.1, 0.15) is 24.8 Å². The topological polar surface area (TPSA) is 73.0 Å². The minimum absolute atomic E-state index is 0.0589. The van der Waals surface area contributed by atoms with E-state index in [0.717, 1.165) is 37.9 Å². The average molecular weight is 415 g/mol. The van der Waals surface area contributed by atoms with E-state index >= 15 is 0 Å². The van der Waals surface area contributed by atoms with Gasteiger partial charge in [-0.05, 0) is 37.0 Å². The average Bonchev–Trinajstić information content (AvgIpc) is 3.11. The second-order valence-electron chi connectivity index (χ2n) is 7.18. The third-order valence-corrected chi connectivity index (χ3v) is 5.95. The van der Waals surface area contributed by atoms with Crippen molar-refractivity contribution in [1.82, 2.24) is 24.2 Å². The summed E-state index contributed by atoms with van der Waals surface area (Å²) in [6, 6.07) is 6.00. The van der Waals surface area contributed by atoms with Gasteiger partial charge in [-0.15, -0.1) is 0 Å². The molecule has 1 amide bonds. The summed E-state index contributed by atoms with van der Waals surface area (Å²) in [5.74, 6) is -0.0496. The lowest BCUT2D eigenvalue weighted by Crippen LogP contribution is -2.37.